The van der Waals surface area contributed by atoms with Gasteiger partial charge < -0.3 is 4.74 Å². The first-order valence-electron chi connectivity index (χ1n) is 4.62. The first-order chi connectivity index (χ1) is 7.67. The number of nitrogens with one attached hydrogen (secondary N) is 2. The van der Waals surface area contributed by atoms with E-state index in [0.29, 0.717) is 5.71 Å². The number of nitrogens with two attached hydrogens (primary N) is 1. The number of benzene rings is 1. The topological polar surface area (TPSA) is 88.7 Å². The smallest absolute Gasteiger partial charge is 0.349 e. The van der Waals surface area contributed by atoms with Crippen molar-refractivity contribution in [3.63, 3.8) is 0 Å². The van der Waals surface area contributed by atoms with Crippen molar-refractivity contribution in [2.75, 3.05) is 7.11 Å². The minimum atomic E-state index is -0.562. The summed E-state index contributed by atoms with van der Waals surface area (Å²) in [6.07, 6.45) is 0. The largest absolute Gasteiger partial charge is 0.497 e. The molecule has 1 aromatic carbocycles. The summed E-state index contributed by atoms with van der Waals surface area (Å²) >= 11 is 0. The quantitative estimate of drug-likeness (QED) is 0.303. The molecule has 0 saturated heterocycles. The molecule has 0 aliphatic heterocycles. The summed E-state index contributed by atoms with van der Waals surface area (Å²) < 4.78 is 5.03. The van der Waals surface area contributed by atoms with Crippen LogP contribution in [0.2, 0.25) is 0 Å². The van der Waals surface area contributed by atoms with Gasteiger partial charge in [-0.15, -0.1) is 0 Å². The average molecular weight is 222 g/mol. The van der Waals surface area contributed by atoms with Gasteiger partial charge in [-0.25, -0.2) is 16.1 Å². The molecular weight excluding hydrogens is 208 g/mol. The van der Waals surface area contributed by atoms with Gasteiger partial charge >= 0.3 is 6.03 Å². The second kappa shape index (κ2) is 5.72. The van der Waals surface area contributed by atoms with Crippen molar-refractivity contribution in [2.45, 2.75) is 6.92 Å². The van der Waals surface area contributed by atoms with Crippen LogP contribution in [0, 0.1) is 0 Å². The molecule has 0 heterocycles. The molecule has 4 N–H and O–H groups in total. The number of nitrogens with zero attached hydrogens (tertiary/aromatic N) is 1. The van der Waals surface area contributed by atoms with Gasteiger partial charge in [0.15, 0.2) is 0 Å². The van der Waals surface area contributed by atoms with Gasteiger partial charge in [0.1, 0.15) is 5.75 Å². The van der Waals surface area contributed by atoms with E-state index in [9.17, 15) is 4.79 Å². The normalized spacial score (nSPS) is 10.8. The van der Waals surface area contributed by atoms with Crippen LogP contribution in [-0.2, 0) is 0 Å². The molecule has 0 saturated carbocycles. The van der Waals surface area contributed by atoms with E-state index in [1.54, 1.807) is 14.0 Å². The Labute approximate surface area is 93.4 Å². The minimum Gasteiger partial charge on any atom is -0.497 e. The zero-order chi connectivity index (χ0) is 12.0. The molecule has 6 heteroatoms. The molecule has 1 aromatic rings. The van der Waals surface area contributed by atoms with Crippen molar-refractivity contribution in [1.29, 1.82) is 0 Å². The van der Waals surface area contributed by atoms with Crippen molar-refractivity contribution >= 4 is 11.7 Å². The van der Waals surface area contributed by atoms with E-state index in [0.717, 1.165) is 11.3 Å². The first-order valence-corrected chi connectivity index (χ1v) is 4.62. The Kier molecular flexibility index (Phi) is 4.28. The molecule has 0 aliphatic rings. The van der Waals surface area contributed by atoms with Crippen LogP contribution in [0.15, 0.2) is 29.4 Å². The second-order valence-electron chi connectivity index (χ2n) is 3.01. The lowest BCUT2D eigenvalue weighted by Crippen LogP contribution is -2.37. The van der Waals surface area contributed by atoms with E-state index in [-0.39, 0.29) is 0 Å². The van der Waals surface area contributed by atoms with E-state index in [2.05, 4.69) is 10.5 Å². The Balaban J connectivity index is 2.71. The highest BCUT2D eigenvalue weighted by Crippen LogP contribution is 2.11. The van der Waals surface area contributed by atoms with Crippen LogP contribution in [0.4, 0.5) is 4.79 Å². The molecule has 1 rings (SSSR count). The van der Waals surface area contributed by atoms with Crippen LogP contribution in [0.25, 0.3) is 0 Å². The van der Waals surface area contributed by atoms with Crippen LogP contribution in [0.5, 0.6) is 5.75 Å². The van der Waals surface area contributed by atoms with Crippen molar-refractivity contribution in [1.82, 2.24) is 10.9 Å². The third-order valence-electron chi connectivity index (χ3n) is 1.96. The summed E-state index contributed by atoms with van der Waals surface area (Å²) in [4.78, 5) is 10.8. The molecule has 6 nitrogen and oxygen atoms in total. The molecule has 0 aliphatic carbocycles. The molecule has 0 unspecified atom stereocenters. The Bertz CT molecular complexity index is 386. The van der Waals surface area contributed by atoms with E-state index in [1.165, 1.54) is 0 Å². The lowest BCUT2D eigenvalue weighted by atomic mass is 10.1. The van der Waals surface area contributed by atoms with Gasteiger partial charge in [0.05, 0.1) is 12.8 Å². The highest BCUT2D eigenvalue weighted by molar-refractivity contribution is 5.99. The van der Waals surface area contributed by atoms with Crippen molar-refractivity contribution in [3.8, 4) is 5.75 Å². The fourth-order valence-corrected chi connectivity index (χ4v) is 1.06. The number of hydrazone groups is 1. The zero-order valence-electron chi connectivity index (χ0n) is 9.15. The van der Waals surface area contributed by atoms with Crippen LogP contribution in [-0.4, -0.2) is 18.9 Å². The van der Waals surface area contributed by atoms with Crippen molar-refractivity contribution in [2.24, 2.45) is 10.9 Å². The maximum atomic E-state index is 10.8. The molecule has 0 bridgehead atoms. The van der Waals surface area contributed by atoms with Crippen LogP contribution >= 0.6 is 0 Å². The van der Waals surface area contributed by atoms with Crippen LogP contribution in [0.3, 0.4) is 0 Å². The molecule has 86 valence electrons. The summed E-state index contributed by atoms with van der Waals surface area (Å²) in [7, 11) is 1.60. The third kappa shape index (κ3) is 3.25. The number of urea groups is 1. The van der Waals surface area contributed by atoms with Crippen LogP contribution in [0.1, 0.15) is 12.5 Å². The standard InChI is InChI=1S/C10H14N4O2/c1-7(13-14-10(15)12-11)8-3-5-9(16-2)6-4-8/h3-6H,11H2,1-2H3,(H2,12,14,15)/b13-7-. The highest BCUT2D eigenvalue weighted by atomic mass is 16.5. The average Bonchev–Trinajstić information content (AvgIpc) is 2.35. The predicted molar refractivity (Wildman–Crippen MR) is 61.1 cm³/mol. The van der Waals surface area contributed by atoms with Crippen molar-refractivity contribution in [3.05, 3.63) is 29.8 Å². The maximum absolute atomic E-state index is 10.8. The minimum absolute atomic E-state index is 0.562. The number of carbonyl (C=O) groups is 1. The van der Waals surface area contributed by atoms with Crippen molar-refractivity contribution < 1.29 is 9.53 Å². The van der Waals surface area contributed by atoms with E-state index < -0.39 is 6.03 Å². The first kappa shape index (κ1) is 12.0. The maximum Gasteiger partial charge on any atom is 0.349 e. The monoisotopic (exact) mass is 222 g/mol. The lowest BCUT2D eigenvalue weighted by Gasteiger charge is -2.03. The Morgan fingerprint density at radius 2 is 2.00 bits per heavy atom. The molecule has 0 spiro atoms. The molecule has 0 fully saturated rings. The molecule has 0 aromatic heterocycles. The van der Waals surface area contributed by atoms with E-state index >= 15 is 0 Å². The number of hydrazine groups is 1. The fourth-order valence-electron chi connectivity index (χ4n) is 1.06. The molecular formula is C10H14N4O2. The summed E-state index contributed by atoms with van der Waals surface area (Å²) in [5, 5.41) is 3.85. The number of hydrogen-bond donors (Lipinski definition) is 3. The number of hydrogen-bond acceptors (Lipinski definition) is 4. The zero-order valence-corrected chi connectivity index (χ0v) is 9.15. The molecule has 16 heavy (non-hydrogen) atoms. The van der Waals surface area contributed by atoms with E-state index in [1.807, 2.05) is 29.7 Å². The van der Waals surface area contributed by atoms with E-state index in [4.69, 9.17) is 10.6 Å². The lowest BCUT2D eigenvalue weighted by molar-refractivity contribution is 0.241. The number of carbonyl (C=O) groups excluding carboxylic acids is 1. The molecule has 0 atom stereocenters. The van der Waals surface area contributed by atoms with Gasteiger partial charge in [0.25, 0.3) is 0 Å². The van der Waals surface area contributed by atoms with Gasteiger partial charge in [0.2, 0.25) is 0 Å². The molecule has 0 radical (unpaired) electrons. The summed E-state index contributed by atoms with van der Waals surface area (Å²) in [5.74, 6) is 5.65. The van der Waals surface area contributed by atoms with Gasteiger partial charge in [-0.1, -0.05) is 0 Å². The van der Waals surface area contributed by atoms with Crippen LogP contribution < -0.4 is 21.4 Å². The van der Waals surface area contributed by atoms with Gasteiger partial charge in [-0.3, -0.25) is 5.43 Å². The highest BCUT2D eigenvalue weighted by Gasteiger charge is 1.99. The number of amides is 2. The third-order valence-corrected chi connectivity index (χ3v) is 1.96. The fraction of sp³-hybridized carbons (Fsp3) is 0.200. The number of ether oxygens (including phenoxy) is 1. The summed E-state index contributed by atoms with van der Waals surface area (Å²) in [6.45, 7) is 1.78. The Morgan fingerprint density at radius 1 is 1.38 bits per heavy atom. The Hall–Kier alpha value is -2.08. The van der Waals surface area contributed by atoms with Gasteiger partial charge in [0, 0.05) is 0 Å². The number of rotatable bonds is 3. The number of methoxy groups -OCH3 is 1. The predicted octanol–water partition coefficient (Wildman–Crippen LogP) is 0.592. The summed E-state index contributed by atoms with van der Waals surface area (Å²) in [6, 6.07) is 6.77. The van der Waals surface area contributed by atoms with Gasteiger partial charge in [-0.05, 0) is 36.8 Å². The Morgan fingerprint density at radius 3 is 2.50 bits per heavy atom. The molecule has 2 amide bonds. The SMILES string of the molecule is COc1ccc(/C(C)=N\NC(=O)NN)cc1. The van der Waals surface area contributed by atoms with Gasteiger partial charge in [-0.2, -0.15) is 5.10 Å². The second-order valence-corrected chi connectivity index (χ2v) is 3.01. The summed E-state index contributed by atoms with van der Waals surface area (Å²) in [5.41, 5.74) is 5.71.